The lowest BCUT2D eigenvalue weighted by atomic mass is 10.2. The number of piperazine rings is 1. The van der Waals surface area contributed by atoms with E-state index in [4.69, 9.17) is 9.47 Å². The van der Waals surface area contributed by atoms with Crippen LogP contribution in [-0.2, 0) is 4.74 Å². The first kappa shape index (κ1) is 25.4. The van der Waals surface area contributed by atoms with Crippen molar-refractivity contribution in [3.63, 3.8) is 0 Å². The number of likely N-dealkylation sites (N-methyl/N-ethyl adjacent to an activating group) is 1. The van der Waals surface area contributed by atoms with Crippen molar-refractivity contribution < 1.29 is 14.3 Å². The number of benzene rings is 1. The molecule has 3 aromatic heterocycles. The second-order valence-electron chi connectivity index (χ2n) is 9.06. The van der Waals surface area contributed by atoms with Gasteiger partial charge in [0.1, 0.15) is 18.1 Å². The molecule has 0 bridgehead atoms. The number of anilines is 2. The monoisotopic (exact) mass is 513 g/mol. The summed E-state index contributed by atoms with van der Waals surface area (Å²) in [6.45, 7) is 8.27. The number of amides is 1. The molecule has 10 nitrogen and oxygen atoms in total. The molecule has 1 fully saturated rings. The maximum atomic E-state index is 13.0. The van der Waals surface area contributed by atoms with Crippen molar-refractivity contribution in [1.82, 2.24) is 29.7 Å². The lowest BCUT2D eigenvalue weighted by molar-refractivity contribution is 0.0659. The first-order valence-corrected chi connectivity index (χ1v) is 12.6. The van der Waals surface area contributed by atoms with Crippen LogP contribution in [0.3, 0.4) is 0 Å². The zero-order valence-electron chi connectivity index (χ0n) is 21.4. The highest BCUT2D eigenvalue weighted by molar-refractivity contribution is 5.98. The third kappa shape index (κ3) is 6.16. The largest absolute Gasteiger partial charge is 0.491 e. The normalized spacial score (nSPS) is 14.0. The molecule has 4 aromatic rings. The standard InChI is InChI=1S/C28H31N7O3/c1-3-14-37-15-16-38-22-6-8-29-25(19-22)24-7-9-30-28(33-24)31-21-4-5-23-20(17-21)18-26(32-23)27(36)35-12-10-34(2)11-13-35/h3-9,17-19,32H,1,10-16H2,2H3,(H,30,31,33). The molecule has 0 aliphatic carbocycles. The van der Waals surface area contributed by atoms with Crippen LogP contribution in [0.15, 0.2) is 67.5 Å². The fraction of sp³-hybridized carbons (Fsp3) is 0.286. The summed E-state index contributed by atoms with van der Waals surface area (Å²) in [6.07, 6.45) is 5.07. The van der Waals surface area contributed by atoms with Crippen LogP contribution in [0.25, 0.3) is 22.3 Å². The predicted octanol–water partition coefficient (Wildman–Crippen LogP) is 3.73. The van der Waals surface area contributed by atoms with E-state index in [2.05, 4.69) is 43.8 Å². The molecule has 1 aliphatic heterocycles. The number of nitrogens with zero attached hydrogens (tertiary/aromatic N) is 5. The van der Waals surface area contributed by atoms with E-state index < -0.39 is 0 Å². The number of aromatic nitrogens is 4. The Hall–Kier alpha value is -4.28. The molecule has 1 aromatic carbocycles. The van der Waals surface area contributed by atoms with Crippen LogP contribution in [0.1, 0.15) is 10.5 Å². The second kappa shape index (κ2) is 11.8. The fourth-order valence-electron chi connectivity index (χ4n) is 4.22. The molecule has 0 radical (unpaired) electrons. The number of H-pyrrole nitrogens is 1. The molecular weight excluding hydrogens is 482 g/mol. The van der Waals surface area contributed by atoms with E-state index in [9.17, 15) is 4.79 Å². The van der Waals surface area contributed by atoms with Gasteiger partial charge in [0.15, 0.2) is 0 Å². The maximum Gasteiger partial charge on any atom is 0.270 e. The topological polar surface area (TPSA) is 108 Å². The molecular formula is C28H31N7O3. The number of ether oxygens (including phenoxy) is 2. The molecule has 38 heavy (non-hydrogen) atoms. The molecule has 1 amide bonds. The number of fused-ring (bicyclic) bond motifs is 1. The summed E-state index contributed by atoms with van der Waals surface area (Å²) in [7, 11) is 2.07. The minimum Gasteiger partial charge on any atom is -0.491 e. The van der Waals surface area contributed by atoms with Gasteiger partial charge in [0, 0.05) is 61.2 Å². The summed E-state index contributed by atoms with van der Waals surface area (Å²) in [5, 5.41) is 4.20. The van der Waals surface area contributed by atoms with E-state index in [0.29, 0.717) is 48.6 Å². The van der Waals surface area contributed by atoms with E-state index in [-0.39, 0.29) is 5.91 Å². The van der Waals surface area contributed by atoms with Crippen molar-refractivity contribution in [2.75, 3.05) is 58.4 Å². The molecule has 196 valence electrons. The molecule has 10 heteroatoms. The van der Waals surface area contributed by atoms with Gasteiger partial charge in [-0.3, -0.25) is 9.78 Å². The molecule has 1 saturated heterocycles. The van der Waals surface area contributed by atoms with E-state index >= 15 is 0 Å². The summed E-state index contributed by atoms with van der Waals surface area (Å²) in [6, 6.07) is 13.2. The number of hydrogen-bond donors (Lipinski definition) is 2. The molecule has 0 saturated carbocycles. The Morgan fingerprint density at radius 1 is 1.05 bits per heavy atom. The third-order valence-corrected chi connectivity index (χ3v) is 6.28. The van der Waals surface area contributed by atoms with Gasteiger partial charge >= 0.3 is 0 Å². The summed E-state index contributed by atoms with van der Waals surface area (Å²) in [5.41, 5.74) is 3.66. The number of rotatable bonds is 10. The number of nitrogens with one attached hydrogen (secondary N) is 2. The number of pyridine rings is 1. The Morgan fingerprint density at radius 2 is 1.89 bits per heavy atom. The SMILES string of the molecule is C=CCOCCOc1ccnc(-c2ccnc(Nc3ccc4[nH]c(C(=O)N5CCN(C)CC5)cc4c3)n2)c1. The van der Waals surface area contributed by atoms with Gasteiger partial charge in [0.25, 0.3) is 5.91 Å². The summed E-state index contributed by atoms with van der Waals surface area (Å²) in [4.78, 5) is 33.8. The van der Waals surface area contributed by atoms with Crippen molar-refractivity contribution in [3.8, 4) is 17.1 Å². The van der Waals surface area contributed by atoms with E-state index in [1.807, 2.05) is 35.2 Å². The highest BCUT2D eigenvalue weighted by Gasteiger charge is 2.21. The van der Waals surface area contributed by atoms with Gasteiger partial charge in [-0.1, -0.05) is 6.08 Å². The summed E-state index contributed by atoms with van der Waals surface area (Å²) in [5.74, 6) is 1.16. The van der Waals surface area contributed by atoms with E-state index in [1.54, 1.807) is 30.6 Å². The Morgan fingerprint density at radius 3 is 2.74 bits per heavy atom. The van der Waals surface area contributed by atoms with Crippen LogP contribution in [0, 0.1) is 0 Å². The highest BCUT2D eigenvalue weighted by Crippen LogP contribution is 2.25. The molecule has 0 spiro atoms. The van der Waals surface area contributed by atoms with Gasteiger partial charge in [-0.2, -0.15) is 0 Å². The van der Waals surface area contributed by atoms with Crippen molar-refractivity contribution in [2.24, 2.45) is 0 Å². The van der Waals surface area contributed by atoms with Crippen molar-refractivity contribution in [3.05, 3.63) is 73.2 Å². The average molecular weight is 514 g/mol. The number of hydrogen-bond acceptors (Lipinski definition) is 8. The molecule has 2 N–H and O–H groups in total. The zero-order chi connectivity index (χ0) is 26.3. The van der Waals surface area contributed by atoms with Gasteiger partial charge in [-0.15, -0.1) is 6.58 Å². The second-order valence-corrected chi connectivity index (χ2v) is 9.06. The predicted molar refractivity (Wildman–Crippen MR) is 147 cm³/mol. The van der Waals surface area contributed by atoms with Gasteiger partial charge in [-0.25, -0.2) is 9.97 Å². The first-order valence-electron chi connectivity index (χ1n) is 12.6. The van der Waals surface area contributed by atoms with Crippen molar-refractivity contribution in [2.45, 2.75) is 0 Å². The lowest BCUT2D eigenvalue weighted by Gasteiger charge is -2.32. The number of carbonyl (C=O) groups is 1. The Bertz CT molecular complexity index is 1410. The minimum absolute atomic E-state index is 0.0304. The van der Waals surface area contributed by atoms with Crippen molar-refractivity contribution >= 4 is 28.4 Å². The van der Waals surface area contributed by atoms with Crippen LogP contribution in [0.2, 0.25) is 0 Å². The number of aromatic amines is 1. The summed E-state index contributed by atoms with van der Waals surface area (Å²) >= 11 is 0. The zero-order valence-corrected chi connectivity index (χ0v) is 21.4. The Kier molecular flexibility index (Phi) is 7.91. The van der Waals surface area contributed by atoms with Gasteiger partial charge in [0.05, 0.1) is 24.6 Å². The minimum atomic E-state index is 0.0304. The smallest absolute Gasteiger partial charge is 0.270 e. The summed E-state index contributed by atoms with van der Waals surface area (Å²) < 4.78 is 11.1. The Labute approximate surface area is 221 Å². The first-order chi connectivity index (χ1) is 18.6. The van der Waals surface area contributed by atoms with Gasteiger partial charge in [-0.05, 0) is 43.4 Å². The molecule has 4 heterocycles. The average Bonchev–Trinajstić information content (AvgIpc) is 3.37. The molecule has 1 aliphatic rings. The van der Waals surface area contributed by atoms with Crippen LogP contribution < -0.4 is 10.1 Å². The van der Waals surface area contributed by atoms with E-state index in [0.717, 1.165) is 42.8 Å². The van der Waals surface area contributed by atoms with Crippen LogP contribution in [0.4, 0.5) is 11.6 Å². The van der Waals surface area contributed by atoms with Crippen LogP contribution in [-0.4, -0.2) is 88.7 Å². The van der Waals surface area contributed by atoms with Crippen LogP contribution >= 0.6 is 0 Å². The van der Waals surface area contributed by atoms with Crippen LogP contribution in [0.5, 0.6) is 5.75 Å². The van der Waals surface area contributed by atoms with E-state index in [1.165, 1.54) is 0 Å². The Balaban J connectivity index is 1.26. The lowest BCUT2D eigenvalue weighted by Crippen LogP contribution is -2.47. The molecule has 0 atom stereocenters. The quantitative estimate of drug-likeness (QED) is 0.244. The molecule has 0 unspecified atom stereocenters. The van der Waals surface area contributed by atoms with Crippen molar-refractivity contribution in [1.29, 1.82) is 0 Å². The highest BCUT2D eigenvalue weighted by atomic mass is 16.5. The third-order valence-electron chi connectivity index (χ3n) is 6.28. The molecule has 5 rings (SSSR count). The maximum absolute atomic E-state index is 13.0. The number of carbonyl (C=O) groups excluding carboxylic acids is 1. The van der Waals surface area contributed by atoms with Gasteiger partial charge in [0.2, 0.25) is 5.95 Å². The fourth-order valence-corrected chi connectivity index (χ4v) is 4.22. The van der Waals surface area contributed by atoms with Gasteiger partial charge < -0.3 is 29.6 Å².